The molecule has 0 aliphatic heterocycles. The van der Waals surface area contributed by atoms with Crippen molar-refractivity contribution in [2.24, 2.45) is 5.92 Å². The predicted octanol–water partition coefficient (Wildman–Crippen LogP) is 4.21. The number of halogens is 1. The fraction of sp³-hybridized carbons (Fsp3) is 0.571. The van der Waals surface area contributed by atoms with Crippen molar-refractivity contribution in [2.75, 3.05) is 7.05 Å². The number of rotatable bonds is 5. The minimum atomic E-state index is 0.512. The molecule has 0 bridgehead atoms. The van der Waals surface area contributed by atoms with Crippen LogP contribution in [-0.4, -0.2) is 7.05 Å². The second-order valence-corrected chi connectivity index (χ2v) is 5.78. The molecule has 88 valence electrons. The molecule has 0 aromatic heterocycles. The van der Waals surface area contributed by atoms with E-state index >= 15 is 0 Å². The van der Waals surface area contributed by atoms with E-state index in [2.05, 4.69) is 53.4 Å². The van der Waals surface area contributed by atoms with E-state index in [0.29, 0.717) is 6.04 Å². The largest absolute Gasteiger partial charge is 0.313 e. The van der Waals surface area contributed by atoms with E-state index in [1.165, 1.54) is 41.3 Å². The van der Waals surface area contributed by atoms with Gasteiger partial charge in [-0.15, -0.1) is 0 Å². The third-order valence-corrected chi connectivity index (χ3v) is 4.02. The van der Waals surface area contributed by atoms with Gasteiger partial charge in [-0.3, -0.25) is 0 Å². The number of aryl methyl sites for hydroxylation is 1. The van der Waals surface area contributed by atoms with Crippen LogP contribution in [-0.2, 0) is 0 Å². The zero-order valence-corrected chi connectivity index (χ0v) is 11.7. The van der Waals surface area contributed by atoms with Gasteiger partial charge in [0.05, 0.1) is 0 Å². The molecule has 1 aliphatic carbocycles. The normalized spacial score (nSPS) is 17.4. The van der Waals surface area contributed by atoms with Crippen molar-refractivity contribution in [1.82, 2.24) is 5.32 Å². The van der Waals surface area contributed by atoms with Gasteiger partial charge in [0.1, 0.15) is 0 Å². The number of nitrogens with one attached hydrogen (secondary N) is 1. The Morgan fingerprint density at radius 3 is 2.81 bits per heavy atom. The van der Waals surface area contributed by atoms with Gasteiger partial charge in [-0.25, -0.2) is 0 Å². The molecule has 0 heterocycles. The highest BCUT2D eigenvalue weighted by Gasteiger charge is 2.23. The van der Waals surface area contributed by atoms with Crippen LogP contribution >= 0.6 is 15.9 Å². The molecule has 1 nitrogen and oxygen atoms in total. The summed E-state index contributed by atoms with van der Waals surface area (Å²) in [6.07, 6.45) is 5.54. The van der Waals surface area contributed by atoms with Crippen LogP contribution in [0, 0.1) is 12.8 Å². The van der Waals surface area contributed by atoms with Gasteiger partial charge >= 0.3 is 0 Å². The van der Waals surface area contributed by atoms with Crippen LogP contribution in [0.15, 0.2) is 22.7 Å². The molecule has 1 saturated carbocycles. The lowest BCUT2D eigenvalue weighted by Gasteiger charge is -2.19. The monoisotopic (exact) mass is 281 g/mol. The Hall–Kier alpha value is -0.340. The Morgan fingerprint density at radius 1 is 1.44 bits per heavy atom. The van der Waals surface area contributed by atoms with Crippen LogP contribution in [0.5, 0.6) is 0 Å². The molecule has 1 aromatic rings. The Morgan fingerprint density at radius 2 is 2.19 bits per heavy atom. The van der Waals surface area contributed by atoms with Crippen LogP contribution in [0.3, 0.4) is 0 Å². The van der Waals surface area contributed by atoms with Gasteiger partial charge in [-0.2, -0.15) is 0 Å². The lowest BCUT2D eigenvalue weighted by Crippen LogP contribution is -2.17. The van der Waals surface area contributed by atoms with Crippen molar-refractivity contribution in [3.63, 3.8) is 0 Å². The topological polar surface area (TPSA) is 12.0 Å². The quantitative estimate of drug-likeness (QED) is 0.853. The Balaban J connectivity index is 2.07. The third kappa shape index (κ3) is 3.08. The number of benzene rings is 1. The minimum absolute atomic E-state index is 0.512. The van der Waals surface area contributed by atoms with Crippen LogP contribution < -0.4 is 5.32 Å². The van der Waals surface area contributed by atoms with Gasteiger partial charge in [0.15, 0.2) is 0 Å². The lowest BCUT2D eigenvalue weighted by atomic mass is 9.97. The van der Waals surface area contributed by atoms with Gasteiger partial charge in [0.25, 0.3) is 0 Å². The first-order chi connectivity index (χ1) is 7.70. The summed E-state index contributed by atoms with van der Waals surface area (Å²) in [4.78, 5) is 0. The standard InChI is InChI=1S/C14H20BrN/c1-10-3-7-12(15)9-13(10)14(16-2)8-6-11-4-5-11/h3,7,9,11,14,16H,4-6,8H2,1-2H3. The Labute approximate surface area is 107 Å². The highest BCUT2D eigenvalue weighted by molar-refractivity contribution is 9.10. The summed E-state index contributed by atoms with van der Waals surface area (Å²) in [5, 5.41) is 3.45. The summed E-state index contributed by atoms with van der Waals surface area (Å²) in [5.74, 6) is 1.02. The van der Waals surface area contributed by atoms with Crippen LogP contribution in [0.25, 0.3) is 0 Å². The first-order valence-electron chi connectivity index (χ1n) is 6.14. The molecule has 1 fully saturated rings. The Bertz CT molecular complexity index is 358. The molecule has 2 rings (SSSR count). The summed E-state index contributed by atoms with van der Waals surface area (Å²) in [5.41, 5.74) is 2.83. The van der Waals surface area contributed by atoms with Gasteiger partial charge in [0.2, 0.25) is 0 Å². The van der Waals surface area contributed by atoms with E-state index in [-0.39, 0.29) is 0 Å². The molecule has 1 atom stereocenters. The van der Waals surface area contributed by atoms with E-state index in [1.807, 2.05) is 0 Å². The smallest absolute Gasteiger partial charge is 0.0320 e. The second kappa shape index (κ2) is 5.33. The zero-order chi connectivity index (χ0) is 11.5. The van der Waals surface area contributed by atoms with Crippen molar-refractivity contribution in [2.45, 2.75) is 38.6 Å². The average molecular weight is 282 g/mol. The van der Waals surface area contributed by atoms with Gasteiger partial charge < -0.3 is 5.32 Å². The molecular formula is C14H20BrN. The molecule has 0 amide bonds. The third-order valence-electron chi connectivity index (χ3n) is 3.53. The van der Waals surface area contributed by atoms with E-state index < -0.39 is 0 Å². The fourth-order valence-electron chi connectivity index (χ4n) is 2.25. The maximum atomic E-state index is 3.56. The highest BCUT2D eigenvalue weighted by atomic mass is 79.9. The average Bonchev–Trinajstić information content (AvgIpc) is 3.07. The van der Waals surface area contributed by atoms with Gasteiger partial charge in [0, 0.05) is 10.5 Å². The van der Waals surface area contributed by atoms with E-state index in [4.69, 9.17) is 0 Å². The van der Waals surface area contributed by atoms with E-state index in [9.17, 15) is 0 Å². The first kappa shape index (κ1) is 12.1. The Kier molecular flexibility index (Phi) is 4.04. The van der Waals surface area contributed by atoms with Crippen LogP contribution in [0.2, 0.25) is 0 Å². The first-order valence-corrected chi connectivity index (χ1v) is 6.93. The molecule has 1 aromatic carbocycles. The highest BCUT2D eigenvalue weighted by Crippen LogP contribution is 2.36. The van der Waals surface area contributed by atoms with Crippen molar-refractivity contribution in [3.05, 3.63) is 33.8 Å². The van der Waals surface area contributed by atoms with Crippen LogP contribution in [0.4, 0.5) is 0 Å². The van der Waals surface area contributed by atoms with Gasteiger partial charge in [-0.05, 0) is 56.0 Å². The maximum Gasteiger partial charge on any atom is 0.0320 e. The molecule has 0 saturated heterocycles. The molecule has 0 radical (unpaired) electrons. The van der Waals surface area contributed by atoms with Crippen molar-refractivity contribution >= 4 is 15.9 Å². The number of hydrogen-bond acceptors (Lipinski definition) is 1. The van der Waals surface area contributed by atoms with E-state index in [1.54, 1.807) is 0 Å². The predicted molar refractivity (Wildman–Crippen MR) is 72.6 cm³/mol. The summed E-state index contributed by atoms with van der Waals surface area (Å²) >= 11 is 3.56. The molecule has 2 heteroatoms. The molecular weight excluding hydrogens is 262 g/mol. The van der Waals surface area contributed by atoms with Crippen molar-refractivity contribution < 1.29 is 0 Å². The minimum Gasteiger partial charge on any atom is -0.313 e. The van der Waals surface area contributed by atoms with Crippen molar-refractivity contribution in [3.8, 4) is 0 Å². The summed E-state index contributed by atoms with van der Waals surface area (Å²) in [7, 11) is 2.07. The van der Waals surface area contributed by atoms with Gasteiger partial charge in [-0.1, -0.05) is 34.8 Å². The molecule has 1 N–H and O–H groups in total. The summed E-state index contributed by atoms with van der Waals surface area (Å²) in [6, 6.07) is 7.08. The molecule has 0 spiro atoms. The number of hydrogen-bond donors (Lipinski definition) is 1. The van der Waals surface area contributed by atoms with Crippen LogP contribution in [0.1, 0.15) is 42.9 Å². The molecule has 1 unspecified atom stereocenters. The zero-order valence-electron chi connectivity index (χ0n) is 10.1. The lowest BCUT2D eigenvalue weighted by molar-refractivity contribution is 0.504. The maximum absolute atomic E-state index is 3.56. The van der Waals surface area contributed by atoms with Crippen molar-refractivity contribution in [1.29, 1.82) is 0 Å². The van der Waals surface area contributed by atoms with E-state index in [0.717, 1.165) is 5.92 Å². The second-order valence-electron chi connectivity index (χ2n) is 4.86. The molecule has 16 heavy (non-hydrogen) atoms. The SMILES string of the molecule is CNC(CCC1CC1)c1cc(Br)ccc1C. The fourth-order valence-corrected chi connectivity index (χ4v) is 2.63. The summed E-state index contributed by atoms with van der Waals surface area (Å²) < 4.78 is 1.18. The molecule has 1 aliphatic rings. The summed E-state index contributed by atoms with van der Waals surface area (Å²) in [6.45, 7) is 2.20.